The van der Waals surface area contributed by atoms with Gasteiger partial charge in [-0.15, -0.1) is 0 Å². The van der Waals surface area contributed by atoms with Gasteiger partial charge in [-0.05, 0) is 12.8 Å². The van der Waals surface area contributed by atoms with Gasteiger partial charge in [0.15, 0.2) is 0 Å². The molecule has 0 aromatic rings. The zero-order valence-corrected chi connectivity index (χ0v) is 5.89. The fourth-order valence-electron chi connectivity index (χ4n) is 0.271. The van der Waals surface area contributed by atoms with Crippen molar-refractivity contribution in [2.45, 2.75) is 13.3 Å². The number of hydrogen-bond acceptors (Lipinski definition) is 3. The predicted octanol–water partition coefficient (Wildman–Crippen LogP) is 0.420. The van der Waals surface area contributed by atoms with Crippen LogP contribution in [0.5, 0.6) is 0 Å². The number of hydrogen-bond donors (Lipinski definition) is 1. The summed E-state index contributed by atoms with van der Waals surface area (Å²) in [7, 11) is -4.22. The Morgan fingerprint density at radius 1 is 1.67 bits per heavy atom. The molecule has 5 heteroatoms. The van der Waals surface area contributed by atoms with Gasteiger partial charge in [-0.3, -0.25) is 4.55 Å². The lowest BCUT2D eigenvalue weighted by Gasteiger charge is -1.94. The minimum atomic E-state index is -4.22. The average molecular weight is 153 g/mol. The maximum absolute atomic E-state index is 9.83. The van der Waals surface area contributed by atoms with Gasteiger partial charge in [0, 0.05) is 0 Å². The lowest BCUT2D eigenvalue weighted by molar-refractivity contribution is 0.271. The van der Waals surface area contributed by atoms with E-state index < -0.39 is 10.4 Å². The van der Waals surface area contributed by atoms with Crippen molar-refractivity contribution >= 4 is 10.4 Å². The largest absolute Gasteiger partial charge is 0.397 e. The van der Waals surface area contributed by atoms with Crippen LogP contribution in [-0.2, 0) is 14.6 Å². The molecule has 1 radical (unpaired) electrons. The van der Waals surface area contributed by atoms with Crippen LogP contribution in [0.15, 0.2) is 0 Å². The summed E-state index contributed by atoms with van der Waals surface area (Å²) < 4.78 is 31.6. The molecular formula is C4H9O4S. The van der Waals surface area contributed by atoms with Crippen LogP contribution in [-0.4, -0.2) is 19.6 Å². The summed E-state index contributed by atoms with van der Waals surface area (Å²) in [5.74, 6) is 0. The Hall–Kier alpha value is -0.130. The van der Waals surface area contributed by atoms with Crippen molar-refractivity contribution in [3.8, 4) is 0 Å². The Morgan fingerprint density at radius 2 is 2.22 bits per heavy atom. The second-order valence-corrected chi connectivity index (χ2v) is 2.54. The van der Waals surface area contributed by atoms with Gasteiger partial charge in [-0.1, -0.05) is 6.92 Å². The zero-order valence-electron chi connectivity index (χ0n) is 5.07. The lowest BCUT2D eigenvalue weighted by atomic mass is 10.4. The normalized spacial score (nSPS) is 11.8. The van der Waals surface area contributed by atoms with Crippen molar-refractivity contribution in [1.29, 1.82) is 0 Å². The minimum Gasteiger partial charge on any atom is -0.264 e. The van der Waals surface area contributed by atoms with Gasteiger partial charge in [0.2, 0.25) is 0 Å². The van der Waals surface area contributed by atoms with Gasteiger partial charge < -0.3 is 0 Å². The van der Waals surface area contributed by atoms with E-state index in [1.165, 1.54) is 0 Å². The quantitative estimate of drug-likeness (QED) is 0.469. The molecule has 0 aliphatic rings. The molecule has 0 aliphatic carbocycles. The van der Waals surface area contributed by atoms with Gasteiger partial charge in [0.1, 0.15) is 0 Å². The zero-order chi connectivity index (χ0) is 7.33. The Morgan fingerprint density at radius 3 is 2.56 bits per heavy atom. The second-order valence-electron chi connectivity index (χ2n) is 1.45. The minimum absolute atomic E-state index is 0.00926. The van der Waals surface area contributed by atoms with Gasteiger partial charge >= 0.3 is 10.4 Å². The SMILES string of the molecule is C[CH]CCOS(=O)(=O)O. The fourth-order valence-corrected chi connectivity index (χ4v) is 0.578. The molecule has 55 valence electrons. The molecule has 0 saturated heterocycles. The molecule has 0 heterocycles. The molecule has 0 amide bonds. The first-order valence-electron chi connectivity index (χ1n) is 2.46. The highest BCUT2D eigenvalue weighted by atomic mass is 32.3. The van der Waals surface area contributed by atoms with Crippen molar-refractivity contribution in [2.24, 2.45) is 0 Å². The van der Waals surface area contributed by atoms with Crippen molar-refractivity contribution in [3.63, 3.8) is 0 Å². The van der Waals surface area contributed by atoms with E-state index in [4.69, 9.17) is 4.55 Å². The molecule has 0 unspecified atom stereocenters. The summed E-state index contributed by atoms with van der Waals surface area (Å²) in [6.07, 6.45) is 2.25. The van der Waals surface area contributed by atoms with Gasteiger partial charge in [-0.25, -0.2) is 4.18 Å². The molecule has 0 fully saturated rings. The van der Waals surface area contributed by atoms with E-state index in [9.17, 15) is 8.42 Å². The van der Waals surface area contributed by atoms with E-state index in [0.717, 1.165) is 0 Å². The van der Waals surface area contributed by atoms with E-state index in [0.29, 0.717) is 6.42 Å². The van der Waals surface area contributed by atoms with E-state index in [-0.39, 0.29) is 6.61 Å². The first-order chi connectivity index (χ1) is 4.06. The number of rotatable bonds is 4. The third kappa shape index (κ3) is 7.87. The first-order valence-corrected chi connectivity index (χ1v) is 3.82. The van der Waals surface area contributed by atoms with Crippen LogP contribution in [0.1, 0.15) is 13.3 Å². The van der Waals surface area contributed by atoms with E-state index in [1.807, 2.05) is 0 Å². The third-order valence-electron chi connectivity index (χ3n) is 0.639. The highest BCUT2D eigenvalue weighted by Crippen LogP contribution is 1.90. The maximum atomic E-state index is 9.83. The third-order valence-corrected chi connectivity index (χ3v) is 1.10. The highest BCUT2D eigenvalue weighted by molar-refractivity contribution is 7.80. The molecule has 0 atom stereocenters. The van der Waals surface area contributed by atoms with Gasteiger partial charge in [0.05, 0.1) is 6.61 Å². The number of unbranched alkanes of at least 4 members (excludes halogenated alkanes) is 1. The van der Waals surface area contributed by atoms with Crippen molar-refractivity contribution in [3.05, 3.63) is 6.42 Å². The van der Waals surface area contributed by atoms with Crippen LogP contribution in [0.4, 0.5) is 0 Å². The van der Waals surface area contributed by atoms with E-state index >= 15 is 0 Å². The highest BCUT2D eigenvalue weighted by Gasteiger charge is 2.01. The van der Waals surface area contributed by atoms with Crippen molar-refractivity contribution < 1.29 is 17.2 Å². The van der Waals surface area contributed by atoms with Crippen LogP contribution in [0.3, 0.4) is 0 Å². The smallest absolute Gasteiger partial charge is 0.264 e. The van der Waals surface area contributed by atoms with E-state index in [2.05, 4.69) is 4.18 Å². The molecule has 1 N–H and O–H groups in total. The summed E-state index contributed by atoms with van der Waals surface area (Å²) in [5.41, 5.74) is 0. The summed E-state index contributed by atoms with van der Waals surface area (Å²) in [6.45, 7) is 1.78. The summed E-state index contributed by atoms with van der Waals surface area (Å²) in [6, 6.07) is 0. The first kappa shape index (κ1) is 8.87. The van der Waals surface area contributed by atoms with Crippen LogP contribution >= 0.6 is 0 Å². The Labute approximate surface area is 54.8 Å². The molecule has 0 aliphatic heterocycles. The van der Waals surface area contributed by atoms with Crippen LogP contribution in [0.25, 0.3) is 0 Å². The predicted molar refractivity (Wildman–Crippen MR) is 32.1 cm³/mol. The molecule has 0 spiro atoms. The van der Waals surface area contributed by atoms with Crippen LogP contribution in [0, 0.1) is 6.42 Å². The Bertz CT molecular complexity index is 148. The molecule has 0 rings (SSSR count). The van der Waals surface area contributed by atoms with Crippen molar-refractivity contribution in [2.75, 3.05) is 6.61 Å². The molecule has 4 nitrogen and oxygen atoms in total. The van der Waals surface area contributed by atoms with Crippen LogP contribution < -0.4 is 0 Å². The molecule has 0 aromatic carbocycles. The van der Waals surface area contributed by atoms with E-state index in [1.54, 1.807) is 13.3 Å². The lowest BCUT2D eigenvalue weighted by Crippen LogP contribution is -2.04. The standard InChI is InChI=1S/C4H9O4S/c1-2-3-4-8-9(5,6)7/h2H,3-4H2,1H3,(H,5,6,7). The molecule has 9 heavy (non-hydrogen) atoms. The average Bonchev–Trinajstić information content (AvgIpc) is 1.63. The molecular weight excluding hydrogens is 144 g/mol. The van der Waals surface area contributed by atoms with Gasteiger partial charge in [-0.2, -0.15) is 8.42 Å². The molecule has 0 saturated carbocycles. The second kappa shape index (κ2) is 3.81. The monoisotopic (exact) mass is 153 g/mol. The Balaban J connectivity index is 3.30. The summed E-state index contributed by atoms with van der Waals surface area (Å²) in [4.78, 5) is 0. The maximum Gasteiger partial charge on any atom is 0.397 e. The van der Waals surface area contributed by atoms with Gasteiger partial charge in [0.25, 0.3) is 0 Å². The molecule has 0 aromatic heterocycles. The molecule has 0 bridgehead atoms. The summed E-state index contributed by atoms with van der Waals surface area (Å²) in [5, 5.41) is 0. The van der Waals surface area contributed by atoms with Crippen LogP contribution in [0.2, 0.25) is 0 Å². The summed E-state index contributed by atoms with van der Waals surface area (Å²) >= 11 is 0. The topological polar surface area (TPSA) is 63.6 Å². The Kier molecular flexibility index (Phi) is 3.76. The fraction of sp³-hybridized carbons (Fsp3) is 0.750. The van der Waals surface area contributed by atoms with Crippen molar-refractivity contribution in [1.82, 2.24) is 0 Å².